The summed E-state index contributed by atoms with van der Waals surface area (Å²) in [6.45, 7) is -0.144. The van der Waals surface area contributed by atoms with Crippen LogP contribution in [0.25, 0.3) is 6.08 Å². The maximum Gasteiger partial charge on any atom is 0.294 e. The zero-order chi connectivity index (χ0) is 25.7. The Hall–Kier alpha value is -3.46. The maximum atomic E-state index is 12.9. The topological polar surface area (TPSA) is 84.9 Å². The Morgan fingerprint density at radius 1 is 1.03 bits per heavy atom. The molecule has 0 aliphatic carbocycles. The SMILES string of the molecule is COc1cc(/C=C2/SC(=O)N(CC(=O)Nc3ccccc3Cl)C2=O)cc(Cl)c1OCc1ccccc1. The van der Waals surface area contributed by atoms with Crippen LogP contribution >= 0.6 is 35.0 Å². The van der Waals surface area contributed by atoms with Crippen LogP contribution in [0.15, 0.2) is 71.6 Å². The first-order chi connectivity index (χ1) is 17.4. The van der Waals surface area contributed by atoms with E-state index in [1.165, 1.54) is 13.2 Å². The Bertz CT molecular complexity index is 1350. The Labute approximate surface area is 222 Å². The van der Waals surface area contributed by atoms with Crippen molar-refractivity contribution in [1.29, 1.82) is 0 Å². The lowest BCUT2D eigenvalue weighted by atomic mass is 10.1. The van der Waals surface area contributed by atoms with Crippen molar-refractivity contribution in [3.8, 4) is 11.5 Å². The molecule has 0 spiro atoms. The molecule has 0 radical (unpaired) electrons. The number of nitrogens with zero attached hydrogens (tertiary/aromatic N) is 1. The molecular formula is C26H20Cl2N2O5S. The molecule has 3 amide bonds. The molecule has 36 heavy (non-hydrogen) atoms. The second-order valence-corrected chi connectivity index (χ2v) is 9.41. The minimum absolute atomic E-state index is 0.154. The predicted molar refractivity (Wildman–Crippen MR) is 142 cm³/mol. The van der Waals surface area contributed by atoms with Gasteiger partial charge in [0.15, 0.2) is 11.5 Å². The molecule has 0 saturated carbocycles. The van der Waals surface area contributed by atoms with Gasteiger partial charge in [0.1, 0.15) is 13.2 Å². The Kier molecular flexibility index (Phi) is 8.20. The number of hydrogen-bond acceptors (Lipinski definition) is 6. The molecule has 0 unspecified atom stereocenters. The molecule has 7 nitrogen and oxygen atoms in total. The molecule has 1 aliphatic rings. The van der Waals surface area contributed by atoms with Crippen LogP contribution in [0.2, 0.25) is 10.0 Å². The van der Waals surface area contributed by atoms with Crippen LogP contribution in [0.4, 0.5) is 10.5 Å². The van der Waals surface area contributed by atoms with E-state index in [-0.39, 0.29) is 9.93 Å². The van der Waals surface area contributed by atoms with Crippen molar-refractivity contribution in [3.05, 3.63) is 92.8 Å². The molecule has 1 heterocycles. The fraction of sp³-hybridized carbons (Fsp3) is 0.115. The number of hydrogen-bond donors (Lipinski definition) is 1. The number of ether oxygens (including phenoxy) is 2. The third-order valence-electron chi connectivity index (χ3n) is 5.10. The summed E-state index contributed by atoms with van der Waals surface area (Å²) in [4.78, 5) is 38.8. The van der Waals surface area contributed by atoms with Gasteiger partial charge in [-0.1, -0.05) is 65.7 Å². The molecule has 3 aromatic carbocycles. The number of benzene rings is 3. The van der Waals surface area contributed by atoms with E-state index in [1.54, 1.807) is 36.4 Å². The zero-order valence-electron chi connectivity index (χ0n) is 19.0. The van der Waals surface area contributed by atoms with Crippen molar-refractivity contribution in [2.75, 3.05) is 19.0 Å². The molecular weight excluding hydrogens is 523 g/mol. The summed E-state index contributed by atoms with van der Waals surface area (Å²) in [5, 5.41) is 2.68. The molecule has 0 bridgehead atoms. The van der Waals surface area contributed by atoms with E-state index in [0.717, 1.165) is 22.2 Å². The van der Waals surface area contributed by atoms with Crippen LogP contribution in [0, 0.1) is 0 Å². The standard InChI is InChI=1S/C26H20Cl2N2O5S/c1-34-21-12-17(11-19(28)24(21)35-15-16-7-3-2-4-8-16)13-22-25(32)30(26(33)36-22)14-23(31)29-20-10-6-5-9-18(20)27/h2-13H,14-15H2,1H3,(H,29,31)/b22-13+. The average Bonchev–Trinajstić information content (AvgIpc) is 3.12. The second-order valence-electron chi connectivity index (χ2n) is 7.60. The summed E-state index contributed by atoms with van der Waals surface area (Å²) >= 11 is 13.2. The first-order valence-corrected chi connectivity index (χ1v) is 12.3. The van der Waals surface area contributed by atoms with E-state index >= 15 is 0 Å². The van der Waals surface area contributed by atoms with Crippen LogP contribution in [-0.2, 0) is 16.2 Å². The molecule has 3 aromatic rings. The molecule has 1 fully saturated rings. The van der Waals surface area contributed by atoms with Crippen molar-refractivity contribution in [2.45, 2.75) is 6.61 Å². The third kappa shape index (κ3) is 6.02. The third-order valence-corrected chi connectivity index (χ3v) is 6.62. The van der Waals surface area contributed by atoms with Gasteiger partial charge in [0.2, 0.25) is 5.91 Å². The van der Waals surface area contributed by atoms with Crippen LogP contribution in [0.1, 0.15) is 11.1 Å². The van der Waals surface area contributed by atoms with Crippen LogP contribution in [0.5, 0.6) is 11.5 Å². The fourth-order valence-electron chi connectivity index (χ4n) is 3.38. The first kappa shape index (κ1) is 25.6. The Morgan fingerprint density at radius 2 is 1.75 bits per heavy atom. The number of carbonyl (C=O) groups excluding carboxylic acids is 3. The van der Waals surface area contributed by atoms with E-state index < -0.39 is 23.6 Å². The summed E-state index contributed by atoms with van der Waals surface area (Å²) in [6, 6.07) is 19.5. The number of carbonyl (C=O) groups is 3. The Morgan fingerprint density at radius 3 is 2.47 bits per heavy atom. The predicted octanol–water partition coefficient (Wildman–Crippen LogP) is 6.26. The van der Waals surface area contributed by atoms with Gasteiger partial charge < -0.3 is 14.8 Å². The summed E-state index contributed by atoms with van der Waals surface area (Å²) in [5.41, 5.74) is 1.89. The summed E-state index contributed by atoms with van der Waals surface area (Å²) < 4.78 is 11.3. The minimum Gasteiger partial charge on any atom is -0.493 e. The Balaban J connectivity index is 1.47. The highest BCUT2D eigenvalue weighted by Crippen LogP contribution is 2.39. The monoisotopic (exact) mass is 542 g/mol. The quantitative estimate of drug-likeness (QED) is 0.338. The number of halogens is 2. The number of methoxy groups -OCH3 is 1. The number of nitrogens with one attached hydrogen (secondary N) is 1. The van der Waals surface area contributed by atoms with Gasteiger partial charge in [-0.05, 0) is 53.2 Å². The maximum absolute atomic E-state index is 12.9. The van der Waals surface area contributed by atoms with E-state index in [0.29, 0.717) is 34.4 Å². The second kappa shape index (κ2) is 11.5. The molecule has 0 atom stereocenters. The molecule has 1 saturated heterocycles. The van der Waals surface area contributed by atoms with E-state index in [2.05, 4.69) is 5.32 Å². The van der Waals surface area contributed by atoms with Gasteiger partial charge >= 0.3 is 0 Å². The van der Waals surface area contributed by atoms with Gasteiger partial charge in [-0.3, -0.25) is 19.3 Å². The smallest absolute Gasteiger partial charge is 0.294 e. The van der Waals surface area contributed by atoms with E-state index in [1.807, 2.05) is 30.3 Å². The van der Waals surface area contributed by atoms with Gasteiger partial charge in [-0.2, -0.15) is 0 Å². The summed E-state index contributed by atoms with van der Waals surface area (Å²) in [5.74, 6) is -0.386. The van der Waals surface area contributed by atoms with Crippen molar-refractivity contribution < 1.29 is 23.9 Å². The number of anilines is 1. The first-order valence-electron chi connectivity index (χ1n) is 10.7. The molecule has 4 rings (SSSR count). The zero-order valence-corrected chi connectivity index (χ0v) is 21.3. The fourth-order valence-corrected chi connectivity index (χ4v) is 4.67. The number of thioether (sulfide) groups is 1. The number of amides is 3. The van der Waals surface area contributed by atoms with Crippen LogP contribution < -0.4 is 14.8 Å². The molecule has 0 aromatic heterocycles. The number of rotatable bonds is 8. The van der Waals surface area contributed by atoms with Crippen molar-refractivity contribution in [1.82, 2.24) is 4.90 Å². The largest absolute Gasteiger partial charge is 0.493 e. The van der Waals surface area contributed by atoms with E-state index in [9.17, 15) is 14.4 Å². The molecule has 184 valence electrons. The molecule has 1 aliphatic heterocycles. The highest BCUT2D eigenvalue weighted by atomic mass is 35.5. The summed E-state index contributed by atoms with van der Waals surface area (Å²) in [6.07, 6.45) is 1.52. The van der Waals surface area contributed by atoms with Gasteiger partial charge in [-0.15, -0.1) is 0 Å². The van der Waals surface area contributed by atoms with Crippen LogP contribution in [0.3, 0.4) is 0 Å². The lowest BCUT2D eigenvalue weighted by molar-refractivity contribution is -0.127. The van der Waals surface area contributed by atoms with Crippen molar-refractivity contribution in [3.63, 3.8) is 0 Å². The van der Waals surface area contributed by atoms with Crippen molar-refractivity contribution in [2.24, 2.45) is 0 Å². The molecule has 1 N–H and O–H groups in total. The van der Waals surface area contributed by atoms with Crippen molar-refractivity contribution >= 4 is 63.8 Å². The van der Waals surface area contributed by atoms with Gasteiger partial charge in [0.25, 0.3) is 11.1 Å². The molecule has 10 heteroatoms. The average molecular weight is 543 g/mol. The van der Waals surface area contributed by atoms with Gasteiger partial charge in [0.05, 0.1) is 27.7 Å². The van der Waals surface area contributed by atoms with Crippen LogP contribution in [-0.4, -0.2) is 35.6 Å². The lowest BCUT2D eigenvalue weighted by Crippen LogP contribution is -2.36. The number of para-hydroxylation sites is 1. The van der Waals surface area contributed by atoms with E-state index in [4.69, 9.17) is 32.7 Å². The lowest BCUT2D eigenvalue weighted by Gasteiger charge is -2.14. The highest BCUT2D eigenvalue weighted by Gasteiger charge is 2.36. The number of imide groups is 1. The van der Waals surface area contributed by atoms with Gasteiger partial charge in [0, 0.05) is 0 Å². The minimum atomic E-state index is -0.584. The van der Waals surface area contributed by atoms with Gasteiger partial charge in [-0.25, -0.2) is 0 Å². The normalized spacial score (nSPS) is 14.3. The summed E-state index contributed by atoms with van der Waals surface area (Å²) in [7, 11) is 1.48. The highest BCUT2D eigenvalue weighted by molar-refractivity contribution is 8.18.